The molecule has 106 valence electrons. The van der Waals surface area contributed by atoms with Gasteiger partial charge in [0.05, 0.1) is 23.1 Å². The summed E-state index contributed by atoms with van der Waals surface area (Å²) in [5.41, 5.74) is 8.87. The van der Waals surface area contributed by atoms with Gasteiger partial charge in [0.15, 0.2) is 0 Å². The molecule has 2 aromatic carbocycles. The highest BCUT2D eigenvalue weighted by Crippen LogP contribution is 2.23. The van der Waals surface area contributed by atoms with Crippen LogP contribution in [0.3, 0.4) is 0 Å². The molecule has 0 spiro atoms. The molecule has 0 aliphatic heterocycles. The Morgan fingerprint density at radius 1 is 1.29 bits per heavy atom. The number of hydrogen-bond donors (Lipinski definition) is 2. The standard InChI is InChI=1S/C16H16N4O/c1-2-18-16(21)11-7-8-13(17)15(9-11)20-14-6-4-3-5-12(14)10-19-20/h3-10H,2,17H2,1H3,(H,18,21). The number of aromatic nitrogens is 2. The lowest BCUT2D eigenvalue weighted by atomic mass is 10.1. The first-order valence-electron chi connectivity index (χ1n) is 6.81. The smallest absolute Gasteiger partial charge is 0.251 e. The Kier molecular flexibility index (Phi) is 3.31. The molecule has 0 bridgehead atoms. The van der Waals surface area contributed by atoms with Gasteiger partial charge in [-0.15, -0.1) is 0 Å². The van der Waals surface area contributed by atoms with Crippen molar-refractivity contribution in [2.45, 2.75) is 6.92 Å². The number of hydrogen-bond acceptors (Lipinski definition) is 3. The zero-order valence-corrected chi connectivity index (χ0v) is 11.7. The highest BCUT2D eigenvalue weighted by Gasteiger charge is 2.11. The number of fused-ring (bicyclic) bond motifs is 1. The van der Waals surface area contributed by atoms with Gasteiger partial charge in [-0.05, 0) is 31.2 Å². The topological polar surface area (TPSA) is 72.9 Å². The number of rotatable bonds is 3. The minimum absolute atomic E-state index is 0.116. The molecule has 0 fully saturated rings. The number of nitrogens with zero attached hydrogens (tertiary/aromatic N) is 2. The lowest BCUT2D eigenvalue weighted by Gasteiger charge is -2.10. The zero-order chi connectivity index (χ0) is 14.8. The lowest BCUT2D eigenvalue weighted by molar-refractivity contribution is 0.0956. The number of nitrogen functional groups attached to an aromatic ring is 1. The second-order valence-electron chi connectivity index (χ2n) is 4.75. The molecule has 0 unspecified atom stereocenters. The van der Waals surface area contributed by atoms with E-state index in [2.05, 4.69) is 10.4 Å². The molecule has 5 nitrogen and oxygen atoms in total. The first kappa shape index (κ1) is 13.2. The van der Waals surface area contributed by atoms with Crippen LogP contribution in [0.5, 0.6) is 0 Å². The Labute approximate surface area is 122 Å². The summed E-state index contributed by atoms with van der Waals surface area (Å²) >= 11 is 0. The van der Waals surface area contributed by atoms with E-state index in [1.165, 1.54) is 0 Å². The van der Waals surface area contributed by atoms with E-state index in [-0.39, 0.29) is 5.91 Å². The molecule has 1 aromatic heterocycles. The first-order valence-corrected chi connectivity index (χ1v) is 6.81. The Morgan fingerprint density at radius 2 is 2.10 bits per heavy atom. The van der Waals surface area contributed by atoms with Crippen molar-refractivity contribution in [1.82, 2.24) is 15.1 Å². The summed E-state index contributed by atoms with van der Waals surface area (Å²) in [4.78, 5) is 12.0. The quantitative estimate of drug-likeness (QED) is 0.723. The summed E-state index contributed by atoms with van der Waals surface area (Å²) in [6, 6.07) is 13.1. The number of carbonyl (C=O) groups is 1. The van der Waals surface area contributed by atoms with Crippen LogP contribution in [-0.2, 0) is 0 Å². The minimum atomic E-state index is -0.116. The highest BCUT2D eigenvalue weighted by atomic mass is 16.1. The third-order valence-electron chi connectivity index (χ3n) is 3.34. The fourth-order valence-electron chi connectivity index (χ4n) is 2.29. The van der Waals surface area contributed by atoms with Gasteiger partial charge in [-0.25, -0.2) is 4.68 Å². The van der Waals surface area contributed by atoms with Crippen LogP contribution in [-0.4, -0.2) is 22.2 Å². The van der Waals surface area contributed by atoms with E-state index >= 15 is 0 Å². The van der Waals surface area contributed by atoms with Crippen molar-refractivity contribution >= 4 is 22.5 Å². The summed E-state index contributed by atoms with van der Waals surface area (Å²) in [5, 5.41) is 8.19. The van der Waals surface area contributed by atoms with E-state index in [9.17, 15) is 4.79 Å². The van der Waals surface area contributed by atoms with Gasteiger partial charge in [-0.1, -0.05) is 18.2 Å². The van der Waals surface area contributed by atoms with Gasteiger partial charge in [-0.2, -0.15) is 5.10 Å². The van der Waals surface area contributed by atoms with Gasteiger partial charge in [0.1, 0.15) is 0 Å². The SMILES string of the molecule is CCNC(=O)c1ccc(N)c(-n2ncc3ccccc32)c1. The molecular formula is C16H16N4O. The number of nitrogens with one attached hydrogen (secondary N) is 1. The van der Waals surface area contributed by atoms with Crippen LogP contribution in [0.1, 0.15) is 17.3 Å². The maximum Gasteiger partial charge on any atom is 0.251 e. The number of nitrogens with two attached hydrogens (primary N) is 1. The number of para-hydroxylation sites is 1. The third kappa shape index (κ3) is 2.33. The largest absolute Gasteiger partial charge is 0.397 e. The van der Waals surface area contributed by atoms with Gasteiger partial charge >= 0.3 is 0 Å². The van der Waals surface area contributed by atoms with Crippen molar-refractivity contribution in [3.63, 3.8) is 0 Å². The van der Waals surface area contributed by atoms with Crippen LogP contribution in [0.2, 0.25) is 0 Å². The molecule has 1 heterocycles. The predicted molar refractivity (Wildman–Crippen MR) is 83.5 cm³/mol. The third-order valence-corrected chi connectivity index (χ3v) is 3.34. The van der Waals surface area contributed by atoms with Gasteiger partial charge in [0, 0.05) is 17.5 Å². The fourth-order valence-corrected chi connectivity index (χ4v) is 2.29. The lowest BCUT2D eigenvalue weighted by Crippen LogP contribution is -2.22. The Hall–Kier alpha value is -2.82. The predicted octanol–water partition coefficient (Wildman–Crippen LogP) is 2.36. The van der Waals surface area contributed by atoms with E-state index in [0.717, 1.165) is 10.9 Å². The average molecular weight is 280 g/mol. The number of amides is 1. The molecule has 21 heavy (non-hydrogen) atoms. The van der Waals surface area contributed by atoms with Crippen LogP contribution in [0.15, 0.2) is 48.7 Å². The Bertz CT molecular complexity index is 807. The molecular weight excluding hydrogens is 264 g/mol. The second kappa shape index (κ2) is 5.28. The molecule has 3 rings (SSSR count). The Morgan fingerprint density at radius 3 is 2.90 bits per heavy atom. The molecule has 0 atom stereocenters. The first-order chi connectivity index (χ1) is 10.2. The van der Waals surface area contributed by atoms with Crippen molar-refractivity contribution < 1.29 is 4.79 Å². The highest BCUT2D eigenvalue weighted by molar-refractivity contribution is 5.95. The Balaban J connectivity index is 2.13. The summed E-state index contributed by atoms with van der Waals surface area (Å²) in [7, 11) is 0. The summed E-state index contributed by atoms with van der Waals surface area (Å²) < 4.78 is 1.76. The normalized spacial score (nSPS) is 10.7. The summed E-state index contributed by atoms with van der Waals surface area (Å²) in [5.74, 6) is -0.116. The van der Waals surface area contributed by atoms with Gasteiger partial charge < -0.3 is 11.1 Å². The van der Waals surface area contributed by atoms with E-state index in [0.29, 0.717) is 23.5 Å². The van der Waals surface area contributed by atoms with Crippen molar-refractivity contribution in [2.75, 3.05) is 12.3 Å². The second-order valence-corrected chi connectivity index (χ2v) is 4.75. The van der Waals surface area contributed by atoms with E-state index in [1.54, 1.807) is 29.1 Å². The molecule has 0 aliphatic rings. The average Bonchev–Trinajstić information content (AvgIpc) is 2.92. The van der Waals surface area contributed by atoms with Crippen molar-refractivity contribution in [3.05, 3.63) is 54.2 Å². The molecule has 0 radical (unpaired) electrons. The number of carbonyl (C=O) groups excluding carboxylic acids is 1. The monoisotopic (exact) mass is 280 g/mol. The number of benzene rings is 2. The van der Waals surface area contributed by atoms with Crippen LogP contribution in [0.4, 0.5) is 5.69 Å². The number of anilines is 1. The summed E-state index contributed by atoms with van der Waals surface area (Å²) in [6.45, 7) is 2.47. The van der Waals surface area contributed by atoms with Gasteiger partial charge in [0.2, 0.25) is 0 Å². The molecule has 0 saturated carbocycles. The molecule has 5 heteroatoms. The fraction of sp³-hybridized carbons (Fsp3) is 0.125. The van der Waals surface area contributed by atoms with Crippen LogP contribution >= 0.6 is 0 Å². The van der Waals surface area contributed by atoms with Gasteiger partial charge in [0.25, 0.3) is 5.91 Å². The van der Waals surface area contributed by atoms with Gasteiger partial charge in [-0.3, -0.25) is 4.79 Å². The molecule has 3 aromatic rings. The minimum Gasteiger partial charge on any atom is -0.397 e. The maximum atomic E-state index is 12.0. The van der Waals surface area contributed by atoms with E-state index in [1.807, 2.05) is 31.2 Å². The molecule has 0 aliphatic carbocycles. The van der Waals surface area contributed by atoms with Crippen molar-refractivity contribution in [2.24, 2.45) is 0 Å². The van der Waals surface area contributed by atoms with E-state index < -0.39 is 0 Å². The van der Waals surface area contributed by atoms with Crippen molar-refractivity contribution in [1.29, 1.82) is 0 Å². The van der Waals surface area contributed by atoms with Crippen LogP contribution in [0.25, 0.3) is 16.6 Å². The van der Waals surface area contributed by atoms with Crippen LogP contribution in [0, 0.1) is 0 Å². The van der Waals surface area contributed by atoms with Crippen molar-refractivity contribution in [3.8, 4) is 5.69 Å². The molecule has 3 N–H and O–H groups in total. The van der Waals surface area contributed by atoms with Crippen LogP contribution < -0.4 is 11.1 Å². The zero-order valence-electron chi connectivity index (χ0n) is 11.7. The molecule has 0 saturated heterocycles. The maximum absolute atomic E-state index is 12.0. The summed E-state index contributed by atoms with van der Waals surface area (Å²) in [6.07, 6.45) is 1.79. The van der Waals surface area contributed by atoms with E-state index in [4.69, 9.17) is 5.73 Å². The molecule has 1 amide bonds.